The number of sulfonamides is 1. The molecule has 0 spiro atoms. The Hall–Kier alpha value is -1.67. The number of nitrogens with two attached hydrogens (primary N) is 1. The number of nitrogen functional groups attached to an aromatic ring is 1. The molecule has 0 unspecified atom stereocenters. The number of rotatable bonds is 6. The molecule has 112 valence electrons. The van der Waals surface area contributed by atoms with Crippen molar-refractivity contribution in [2.75, 3.05) is 25.4 Å². The van der Waals surface area contributed by atoms with E-state index in [1.807, 2.05) is 0 Å². The van der Waals surface area contributed by atoms with Crippen molar-refractivity contribution in [1.29, 1.82) is 0 Å². The van der Waals surface area contributed by atoms with Gasteiger partial charge in [-0.2, -0.15) is 4.31 Å². The van der Waals surface area contributed by atoms with E-state index < -0.39 is 28.4 Å². The van der Waals surface area contributed by atoms with Crippen LogP contribution in [0.2, 0.25) is 0 Å². The summed E-state index contributed by atoms with van der Waals surface area (Å²) in [7, 11) is -3.97. The molecular weight excluding hydrogens is 287 g/mol. The Bertz CT molecular complexity index is 589. The number of carbonyl (C=O) groups excluding carboxylic acids is 1. The highest BCUT2D eigenvalue weighted by Gasteiger charge is 2.27. The third-order valence-corrected chi connectivity index (χ3v) is 4.55. The highest BCUT2D eigenvalue weighted by atomic mass is 32.2. The minimum atomic E-state index is -3.97. The molecule has 0 atom stereocenters. The number of esters is 1. The molecule has 1 rings (SSSR count). The van der Waals surface area contributed by atoms with Crippen LogP contribution >= 0.6 is 0 Å². The second kappa shape index (κ2) is 6.67. The first-order chi connectivity index (χ1) is 9.32. The average molecular weight is 304 g/mol. The van der Waals surface area contributed by atoms with Gasteiger partial charge in [0.05, 0.1) is 12.3 Å². The molecule has 0 aliphatic heterocycles. The van der Waals surface area contributed by atoms with Crippen molar-refractivity contribution in [2.45, 2.75) is 18.7 Å². The number of ether oxygens (including phenoxy) is 1. The molecule has 0 fully saturated rings. The van der Waals surface area contributed by atoms with Crippen LogP contribution in [0.5, 0.6) is 0 Å². The van der Waals surface area contributed by atoms with Crippen LogP contribution in [0.25, 0.3) is 0 Å². The maximum Gasteiger partial charge on any atom is 0.321 e. The standard InChI is InChI=1S/C12H17FN2O4S/c1-3-15(8-12(16)19-4-2)20(17,18)11-6-5-9(13)7-10(11)14/h5-7H,3-4,8,14H2,1-2H3. The molecule has 0 amide bonds. The van der Waals surface area contributed by atoms with Crippen LogP contribution in [0.4, 0.5) is 10.1 Å². The molecule has 8 heteroatoms. The van der Waals surface area contributed by atoms with E-state index in [4.69, 9.17) is 10.5 Å². The van der Waals surface area contributed by atoms with Crippen molar-refractivity contribution in [3.05, 3.63) is 24.0 Å². The summed E-state index contributed by atoms with van der Waals surface area (Å²) >= 11 is 0. The summed E-state index contributed by atoms with van der Waals surface area (Å²) in [5.74, 6) is -1.28. The van der Waals surface area contributed by atoms with Crippen molar-refractivity contribution >= 4 is 21.7 Å². The molecule has 0 saturated heterocycles. The van der Waals surface area contributed by atoms with E-state index in [9.17, 15) is 17.6 Å². The molecule has 0 bridgehead atoms. The number of hydrogen-bond donors (Lipinski definition) is 1. The molecular formula is C12H17FN2O4S. The highest BCUT2D eigenvalue weighted by Crippen LogP contribution is 2.23. The number of benzene rings is 1. The van der Waals surface area contributed by atoms with Gasteiger partial charge < -0.3 is 10.5 Å². The van der Waals surface area contributed by atoms with Crippen molar-refractivity contribution in [2.24, 2.45) is 0 Å². The van der Waals surface area contributed by atoms with Gasteiger partial charge in [0.1, 0.15) is 17.3 Å². The van der Waals surface area contributed by atoms with Gasteiger partial charge in [-0.25, -0.2) is 12.8 Å². The van der Waals surface area contributed by atoms with Gasteiger partial charge in [-0.15, -0.1) is 0 Å². The Morgan fingerprint density at radius 1 is 1.40 bits per heavy atom. The van der Waals surface area contributed by atoms with Gasteiger partial charge in [-0.3, -0.25) is 4.79 Å². The summed E-state index contributed by atoms with van der Waals surface area (Å²) in [5.41, 5.74) is 5.33. The minimum absolute atomic E-state index is 0.0674. The van der Waals surface area contributed by atoms with Crippen LogP contribution in [-0.4, -0.2) is 38.4 Å². The summed E-state index contributed by atoms with van der Waals surface area (Å²) in [6.45, 7) is 3.02. The number of nitrogens with zero attached hydrogens (tertiary/aromatic N) is 1. The number of anilines is 1. The molecule has 0 aromatic heterocycles. The lowest BCUT2D eigenvalue weighted by Crippen LogP contribution is -2.36. The van der Waals surface area contributed by atoms with Crippen molar-refractivity contribution < 1.29 is 22.3 Å². The quantitative estimate of drug-likeness (QED) is 0.625. The van der Waals surface area contributed by atoms with Crippen LogP contribution in [0.3, 0.4) is 0 Å². The highest BCUT2D eigenvalue weighted by molar-refractivity contribution is 7.89. The Balaban J connectivity index is 3.09. The maximum absolute atomic E-state index is 13.0. The van der Waals surface area contributed by atoms with Crippen LogP contribution < -0.4 is 5.73 Å². The minimum Gasteiger partial charge on any atom is -0.465 e. The number of halogens is 1. The SMILES string of the molecule is CCOC(=O)CN(CC)S(=O)(=O)c1ccc(F)cc1N. The van der Waals surface area contributed by atoms with Crippen molar-refractivity contribution in [1.82, 2.24) is 4.31 Å². The van der Waals surface area contributed by atoms with E-state index >= 15 is 0 Å². The molecule has 6 nitrogen and oxygen atoms in total. The van der Waals surface area contributed by atoms with Gasteiger partial charge in [0.25, 0.3) is 0 Å². The van der Waals surface area contributed by atoms with Gasteiger partial charge in [0.15, 0.2) is 0 Å². The molecule has 0 heterocycles. The zero-order chi connectivity index (χ0) is 15.3. The number of hydrogen-bond acceptors (Lipinski definition) is 5. The Kier molecular flexibility index (Phi) is 5.46. The van der Waals surface area contributed by atoms with Gasteiger partial charge in [0.2, 0.25) is 10.0 Å². The molecule has 0 aliphatic carbocycles. The fraction of sp³-hybridized carbons (Fsp3) is 0.417. The molecule has 1 aromatic rings. The second-order valence-electron chi connectivity index (χ2n) is 3.92. The van der Waals surface area contributed by atoms with E-state index in [0.29, 0.717) is 0 Å². The van der Waals surface area contributed by atoms with E-state index in [-0.39, 0.29) is 23.7 Å². The molecule has 2 N–H and O–H groups in total. The van der Waals surface area contributed by atoms with Gasteiger partial charge >= 0.3 is 5.97 Å². The van der Waals surface area contributed by atoms with E-state index in [1.165, 1.54) is 0 Å². The maximum atomic E-state index is 13.0. The first-order valence-corrected chi connectivity index (χ1v) is 7.47. The molecule has 0 radical (unpaired) electrons. The predicted octanol–water partition coefficient (Wildman–Crippen LogP) is 0.982. The molecule has 1 aromatic carbocycles. The molecule has 0 aliphatic rings. The fourth-order valence-electron chi connectivity index (χ4n) is 1.61. The third-order valence-electron chi connectivity index (χ3n) is 2.55. The summed E-state index contributed by atoms with van der Waals surface area (Å²) in [5, 5.41) is 0. The Morgan fingerprint density at radius 3 is 2.55 bits per heavy atom. The molecule has 20 heavy (non-hydrogen) atoms. The third kappa shape index (κ3) is 3.67. The van der Waals surface area contributed by atoms with Gasteiger partial charge in [-0.1, -0.05) is 6.92 Å². The Labute approximate surface area is 117 Å². The van der Waals surface area contributed by atoms with E-state index in [2.05, 4.69) is 0 Å². The fourth-order valence-corrected chi connectivity index (χ4v) is 3.10. The monoisotopic (exact) mass is 304 g/mol. The lowest BCUT2D eigenvalue weighted by molar-refractivity contribution is -0.143. The first-order valence-electron chi connectivity index (χ1n) is 6.03. The zero-order valence-corrected chi connectivity index (χ0v) is 12.1. The smallest absolute Gasteiger partial charge is 0.321 e. The second-order valence-corrected chi connectivity index (χ2v) is 5.82. The normalized spacial score (nSPS) is 11.6. The topological polar surface area (TPSA) is 89.7 Å². The zero-order valence-electron chi connectivity index (χ0n) is 11.3. The Morgan fingerprint density at radius 2 is 2.05 bits per heavy atom. The molecule has 0 saturated carbocycles. The van der Waals surface area contributed by atoms with Crippen LogP contribution in [0.1, 0.15) is 13.8 Å². The summed E-state index contributed by atoms with van der Waals surface area (Å²) < 4.78 is 43.3. The average Bonchev–Trinajstić information content (AvgIpc) is 2.35. The van der Waals surface area contributed by atoms with E-state index in [0.717, 1.165) is 22.5 Å². The van der Waals surface area contributed by atoms with E-state index in [1.54, 1.807) is 13.8 Å². The van der Waals surface area contributed by atoms with Crippen molar-refractivity contribution in [3.63, 3.8) is 0 Å². The summed E-state index contributed by atoms with van der Waals surface area (Å²) in [6, 6.07) is 3.00. The van der Waals surface area contributed by atoms with Crippen LogP contribution in [-0.2, 0) is 19.6 Å². The van der Waals surface area contributed by atoms with Crippen LogP contribution in [0.15, 0.2) is 23.1 Å². The predicted molar refractivity (Wildman–Crippen MR) is 71.9 cm³/mol. The summed E-state index contributed by atoms with van der Waals surface area (Å²) in [6.07, 6.45) is 0. The lowest BCUT2D eigenvalue weighted by atomic mass is 10.3. The lowest BCUT2D eigenvalue weighted by Gasteiger charge is -2.20. The number of likely N-dealkylation sites (N-methyl/N-ethyl adjacent to an activating group) is 1. The largest absolute Gasteiger partial charge is 0.465 e. The number of carbonyl (C=O) groups is 1. The first kappa shape index (κ1) is 16.4. The van der Waals surface area contributed by atoms with Gasteiger partial charge in [-0.05, 0) is 25.1 Å². The van der Waals surface area contributed by atoms with Crippen LogP contribution in [0, 0.1) is 5.82 Å². The van der Waals surface area contributed by atoms with Gasteiger partial charge in [0, 0.05) is 6.54 Å². The van der Waals surface area contributed by atoms with Crippen molar-refractivity contribution in [3.8, 4) is 0 Å². The summed E-state index contributed by atoms with van der Waals surface area (Å²) in [4.78, 5) is 11.2.